The number of fused-ring (bicyclic) bond motifs is 1. The van der Waals surface area contributed by atoms with Gasteiger partial charge in [0.15, 0.2) is 11.6 Å². The summed E-state index contributed by atoms with van der Waals surface area (Å²) < 4.78 is 28.1. The zero-order chi connectivity index (χ0) is 22.2. The van der Waals surface area contributed by atoms with Gasteiger partial charge in [-0.2, -0.15) is 5.10 Å². The van der Waals surface area contributed by atoms with Crippen molar-refractivity contribution in [1.82, 2.24) is 19.7 Å². The number of benzene rings is 2. The van der Waals surface area contributed by atoms with Crippen molar-refractivity contribution in [2.45, 2.75) is 13.5 Å². The number of rotatable bonds is 4. The van der Waals surface area contributed by atoms with Crippen LogP contribution in [0.1, 0.15) is 11.3 Å². The lowest BCUT2D eigenvalue weighted by Gasteiger charge is -2.08. The number of halogens is 2. The van der Waals surface area contributed by atoms with Crippen molar-refractivity contribution >= 4 is 10.9 Å². The summed E-state index contributed by atoms with van der Waals surface area (Å²) in [4.78, 5) is 16.9. The van der Waals surface area contributed by atoms with E-state index in [0.717, 1.165) is 51.1 Å². The van der Waals surface area contributed by atoms with Crippen LogP contribution in [0.5, 0.6) is 0 Å². The third-order valence-electron chi connectivity index (χ3n) is 5.40. The maximum atomic E-state index is 13.5. The van der Waals surface area contributed by atoms with Gasteiger partial charge in [-0.15, -0.1) is 0 Å². The predicted octanol–water partition coefficient (Wildman–Crippen LogP) is 5.09. The molecule has 3 aromatic heterocycles. The SMILES string of the molecule is Cc1cc(-c2n[nH]c3ccc(-c4ccn(Cc5ccc(F)c(F)c5)c(=O)c4)cc23)ccn1. The number of aryl methyl sites for hydroxylation is 1. The van der Waals surface area contributed by atoms with Crippen molar-refractivity contribution in [3.05, 3.63) is 106 Å². The van der Waals surface area contributed by atoms with Crippen molar-refractivity contribution in [2.75, 3.05) is 0 Å². The summed E-state index contributed by atoms with van der Waals surface area (Å²) in [6, 6.07) is 16.7. The summed E-state index contributed by atoms with van der Waals surface area (Å²) in [6.45, 7) is 2.09. The molecule has 0 spiro atoms. The van der Waals surface area contributed by atoms with Crippen LogP contribution in [0.15, 0.2) is 77.9 Å². The van der Waals surface area contributed by atoms with Crippen LogP contribution in [0.25, 0.3) is 33.3 Å². The first kappa shape index (κ1) is 19.8. The Morgan fingerprint density at radius 3 is 2.53 bits per heavy atom. The molecule has 0 aliphatic rings. The van der Waals surface area contributed by atoms with Crippen LogP contribution in [0.4, 0.5) is 8.78 Å². The molecule has 0 aliphatic heterocycles. The molecule has 1 N–H and O–H groups in total. The van der Waals surface area contributed by atoms with Gasteiger partial charge in [-0.05, 0) is 66.1 Å². The van der Waals surface area contributed by atoms with Crippen LogP contribution < -0.4 is 5.56 Å². The Hall–Kier alpha value is -4.13. The molecule has 0 atom stereocenters. The standard InChI is InChI=1S/C25H18F2N4O/c1-15-10-19(6-8-28-15)25-20-12-17(3-5-23(20)29-30-25)18-7-9-31(24(32)13-18)14-16-2-4-21(26)22(27)11-16/h2-13H,14H2,1H3,(H,29,30). The molecule has 7 heteroatoms. The maximum Gasteiger partial charge on any atom is 0.251 e. The first-order valence-electron chi connectivity index (χ1n) is 10.0. The highest BCUT2D eigenvalue weighted by Gasteiger charge is 2.11. The van der Waals surface area contributed by atoms with Crippen LogP contribution >= 0.6 is 0 Å². The van der Waals surface area contributed by atoms with E-state index in [1.165, 1.54) is 16.7 Å². The minimum atomic E-state index is -0.930. The van der Waals surface area contributed by atoms with Gasteiger partial charge in [-0.3, -0.25) is 14.9 Å². The molecule has 0 bridgehead atoms. The molecule has 158 valence electrons. The van der Waals surface area contributed by atoms with E-state index in [2.05, 4.69) is 15.2 Å². The Morgan fingerprint density at radius 1 is 0.906 bits per heavy atom. The summed E-state index contributed by atoms with van der Waals surface area (Å²) in [5, 5.41) is 8.45. The van der Waals surface area contributed by atoms with Crippen molar-refractivity contribution in [2.24, 2.45) is 0 Å². The summed E-state index contributed by atoms with van der Waals surface area (Å²) in [5.74, 6) is -1.84. The van der Waals surface area contributed by atoms with Crippen molar-refractivity contribution in [3.8, 4) is 22.4 Å². The second kappa shape index (κ2) is 7.85. The zero-order valence-corrected chi connectivity index (χ0v) is 17.1. The number of nitrogens with zero attached hydrogens (tertiary/aromatic N) is 3. The number of aromatic nitrogens is 4. The number of pyridine rings is 2. The predicted molar refractivity (Wildman–Crippen MR) is 119 cm³/mol. The topological polar surface area (TPSA) is 63.6 Å². The summed E-state index contributed by atoms with van der Waals surface area (Å²) >= 11 is 0. The van der Waals surface area contributed by atoms with Crippen molar-refractivity contribution in [3.63, 3.8) is 0 Å². The first-order chi connectivity index (χ1) is 15.5. The van der Waals surface area contributed by atoms with Gasteiger partial charge in [0.05, 0.1) is 12.1 Å². The van der Waals surface area contributed by atoms with Crippen LogP contribution in [0.2, 0.25) is 0 Å². The summed E-state index contributed by atoms with van der Waals surface area (Å²) in [7, 11) is 0. The highest BCUT2D eigenvalue weighted by Crippen LogP contribution is 2.30. The Bertz CT molecular complexity index is 1520. The van der Waals surface area contributed by atoms with Gasteiger partial charge in [0.25, 0.3) is 5.56 Å². The fraction of sp³-hybridized carbons (Fsp3) is 0.0800. The molecule has 5 nitrogen and oxygen atoms in total. The number of hydrogen-bond acceptors (Lipinski definition) is 3. The van der Waals surface area contributed by atoms with Gasteiger partial charge in [0.1, 0.15) is 5.69 Å². The molecule has 0 amide bonds. The second-order valence-corrected chi connectivity index (χ2v) is 7.65. The third-order valence-corrected chi connectivity index (χ3v) is 5.40. The monoisotopic (exact) mass is 428 g/mol. The highest BCUT2D eigenvalue weighted by molar-refractivity contribution is 5.95. The molecule has 32 heavy (non-hydrogen) atoms. The molecule has 0 unspecified atom stereocenters. The second-order valence-electron chi connectivity index (χ2n) is 7.65. The minimum absolute atomic E-state index is 0.155. The van der Waals surface area contributed by atoms with Crippen LogP contribution in [-0.2, 0) is 6.54 Å². The number of H-pyrrole nitrogens is 1. The van der Waals surface area contributed by atoms with E-state index in [1.54, 1.807) is 12.4 Å². The van der Waals surface area contributed by atoms with E-state index < -0.39 is 11.6 Å². The van der Waals surface area contributed by atoms with E-state index in [0.29, 0.717) is 5.56 Å². The molecule has 5 rings (SSSR count). The Balaban J connectivity index is 1.50. The largest absolute Gasteiger partial charge is 0.311 e. The average molecular weight is 428 g/mol. The van der Waals surface area contributed by atoms with E-state index >= 15 is 0 Å². The van der Waals surface area contributed by atoms with Crippen LogP contribution in [-0.4, -0.2) is 19.7 Å². The third kappa shape index (κ3) is 3.69. The van der Waals surface area contributed by atoms with E-state index in [9.17, 15) is 13.6 Å². The van der Waals surface area contributed by atoms with Gasteiger partial charge in [-0.1, -0.05) is 12.1 Å². The lowest BCUT2D eigenvalue weighted by molar-refractivity contribution is 0.506. The van der Waals surface area contributed by atoms with Gasteiger partial charge in [0, 0.05) is 35.1 Å². The lowest BCUT2D eigenvalue weighted by atomic mass is 10.0. The normalized spacial score (nSPS) is 11.2. The van der Waals surface area contributed by atoms with Gasteiger partial charge < -0.3 is 4.57 Å². The lowest BCUT2D eigenvalue weighted by Crippen LogP contribution is -2.19. The molecular formula is C25H18F2N4O. The Morgan fingerprint density at radius 2 is 1.75 bits per heavy atom. The van der Waals surface area contributed by atoms with Gasteiger partial charge >= 0.3 is 0 Å². The first-order valence-corrected chi connectivity index (χ1v) is 10.0. The Kier molecular flexibility index (Phi) is 4.86. The fourth-order valence-corrected chi connectivity index (χ4v) is 3.76. The van der Waals surface area contributed by atoms with E-state index in [-0.39, 0.29) is 12.1 Å². The fourth-order valence-electron chi connectivity index (χ4n) is 3.76. The summed E-state index contributed by atoms with van der Waals surface area (Å²) in [5.41, 5.74) is 5.49. The number of nitrogens with one attached hydrogen (secondary N) is 1. The average Bonchev–Trinajstić information content (AvgIpc) is 3.21. The molecule has 0 aliphatic carbocycles. The molecule has 3 heterocycles. The zero-order valence-electron chi connectivity index (χ0n) is 17.1. The molecule has 0 radical (unpaired) electrons. The van der Waals surface area contributed by atoms with Crippen molar-refractivity contribution < 1.29 is 8.78 Å². The Labute approximate surface area is 182 Å². The van der Waals surface area contributed by atoms with Crippen LogP contribution in [0, 0.1) is 18.6 Å². The number of hydrogen-bond donors (Lipinski definition) is 1. The van der Waals surface area contributed by atoms with Crippen LogP contribution in [0.3, 0.4) is 0 Å². The molecule has 5 aromatic rings. The van der Waals surface area contributed by atoms with Gasteiger partial charge in [-0.25, -0.2) is 8.78 Å². The van der Waals surface area contributed by atoms with Gasteiger partial charge in [0.2, 0.25) is 0 Å². The summed E-state index contributed by atoms with van der Waals surface area (Å²) in [6.07, 6.45) is 3.41. The molecule has 0 saturated heterocycles. The smallest absolute Gasteiger partial charge is 0.251 e. The number of aromatic amines is 1. The maximum absolute atomic E-state index is 13.5. The molecule has 2 aromatic carbocycles. The minimum Gasteiger partial charge on any atom is -0.311 e. The molecule has 0 fully saturated rings. The quantitative estimate of drug-likeness (QED) is 0.434. The van der Waals surface area contributed by atoms with Crippen molar-refractivity contribution in [1.29, 1.82) is 0 Å². The van der Waals surface area contributed by atoms with E-state index in [1.807, 2.05) is 43.3 Å². The van der Waals surface area contributed by atoms with E-state index in [4.69, 9.17) is 0 Å². The highest BCUT2D eigenvalue weighted by atomic mass is 19.2. The molecular weight excluding hydrogens is 410 g/mol. The molecule has 0 saturated carbocycles.